The lowest BCUT2D eigenvalue weighted by molar-refractivity contribution is -0.0814. The van der Waals surface area contributed by atoms with Gasteiger partial charge in [-0.2, -0.15) is 0 Å². The molecule has 24 heavy (non-hydrogen) atoms. The molecule has 2 atom stereocenters. The molecule has 1 aromatic carbocycles. The normalized spacial score (nSPS) is 24.8. The Labute approximate surface area is 145 Å². The lowest BCUT2D eigenvalue weighted by Crippen LogP contribution is -2.54. The molecule has 1 aromatic rings. The lowest BCUT2D eigenvalue weighted by atomic mass is 9.74. The summed E-state index contributed by atoms with van der Waals surface area (Å²) in [6.07, 6.45) is 2.09. The number of rotatable bonds is 8. The summed E-state index contributed by atoms with van der Waals surface area (Å²) in [6.45, 7) is 7.03. The molecule has 2 N–H and O–H groups in total. The summed E-state index contributed by atoms with van der Waals surface area (Å²) in [5.74, 6) is 1.50. The summed E-state index contributed by atoms with van der Waals surface area (Å²) < 4.78 is 11.2. The Bertz CT molecular complexity index is 522. The molecule has 1 fully saturated rings. The van der Waals surface area contributed by atoms with Gasteiger partial charge in [-0.3, -0.25) is 4.90 Å². The van der Waals surface area contributed by atoms with E-state index in [0.717, 1.165) is 43.0 Å². The highest BCUT2D eigenvalue weighted by Gasteiger charge is 2.41. The van der Waals surface area contributed by atoms with Gasteiger partial charge in [0.05, 0.1) is 19.8 Å². The fraction of sp³-hybridized carbons (Fsp3) is 0.684. The number of methoxy groups -OCH3 is 1. The summed E-state index contributed by atoms with van der Waals surface area (Å²) in [5.41, 5.74) is 0.741. The number of nitrogens with zero attached hydrogens (tertiary/aromatic N) is 1. The minimum atomic E-state index is -0.420. The average molecular weight is 337 g/mol. The topological polar surface area (TPSA) is 62.2 Å². The molecule has 2 rings (SSSR count). The Morgan fingerprint density at radius 2 is 2.12 bits per heavy atom. The van der Waals surface area contributed by atoms with Gasteiger partial charge >= 0.3 is 0 Å². The fourth-order valence-electron chi connectivity index (χ4n) is 3.59. The Hall–Kier alpha value is -1.30. The smallest absolute Gasteiger partial charge is 0.161 e. The molecule has 1 aliphatic heterocycles. The van der Waals surface area contributed by atoms with Gasteiger partial charge in [0.1, 0.15) is 6.61 Å². The molecule has 0 aromatic heterocycles. The van der Waals surface area contributed by atoms with Crippen molar-refractivity contribution >= 4 is 0 Å². The number of hydrogen-bond donors (Lipinski definition) is 2. The summed E-state index contributed by atoms with van der Waals surface area (Å²) in [4.78, 5) is 2.28. The number of aliphatic hydroxyl groups is 2. The van der Waals surface area contributed by atoms with Crippen molar-refractivity contribution in [3.8, 4) is 11.5 Å². The van der Waals surface area contributed by atoms with E-state index in [1.807, 2.05) is 25.1 Å². The third kappa shape index (κ3) is 4.41. The molecule has 0 bridgehead atoms. The summed E-state index contributed by atoms with van der Waals surface area (Å²) in [5, 5.41) is 20.2. The van der Waals surface area contributed by atoms with Crippen LogP contribution in [-0.2, 0) is 0 Å². The third-order valence-electron chi connectivity index (χ3n) is 5.01. The molecule has 0 aliphatic carbocycles. The molecule has 1 heterocycles. The zero-order valence-corrected chi connectivity index (χ0v) is 15.1. The Balaban J connectivity index is 1.90. The predicted molar refractivity (Wildman–Crippen MR) is 94.7 cm³/mol. The first-order valence-electron chi connectivity index (χ1n) is 8.83. The molecule has 5 nitrogen and oxygen atoms in total. The van der Waals surface area contributed by atoms with Crippen molar-refractivity contribution in [3.05, 3.63) is 23.8 Å². The number of likely N-dealkylation sites (tertiary alicyclic amines) is 1. The number of benzene rings is 1. The Morgan fingerprint density at radius 3 is 2.79 bits per heavy atom. The SMILES string of the molecule is CCC[C@@]1(CO)CN(CCOc2ccc(C)cc2OC)CC[C@H]1O. The number of aliphatic hydroxyl groups excluding tert-OH is 2. The highest BCUT2D eigenvalue weighted by atomic mass is 16.5. The van der Waals surface area contributed by atoms with Gasteiger partial charge < -0.3 is 19.7 Å². The molecular weight excluding hydrogens is 306 g/mol. The molecule has 1 saturated heterocycles. The van der Waals surface area contributed by atoms with E-state index in [0.29, 0.717) is 19.6 Å². The van der Waals surface area contributed by atoms with Crippen molar-refractivity contribution < 1.29 is 19.7 Å². The van der Waals surface area contributed by atoms with Crippen molar-refractivity contribution in [2.45, 2.75) is 39.2 Å². The van der Waals surface area contributed by atoms with Crippen LogP contribution in [0, 0.1) is 12.3 Å². The fourth-order valence-corrected chi connectivity index (χ4v) is 3.59. The first kappa shape index (κ1) is 19.0. The Kier molecular flexibility index (Phi) is 6.90. The second-order valence-electron chi connectivity index (χ2n) is 6.85. The number of piperidine rings is 1. The third-order valence-corrected chi connectivity index (χ3v) is 5.01. The van der Waals surface area contributed by atoms with Crippen molar-refractivity contribution in [1.82, 2.24) is 4.90 Å². The number of hydrogen-bond acceptors (Lipinski definition) is 5. The monoisotopic (exact) mass is 337 g/mol. The summed E-state index contributed by atoms with van der Waals surface area (Å²) in [6, 6.07) is 5.90. The minimum absolute atomic E-state index is 0.0329. The van der Waals surface area contributed by atoms with E-state index in [1.165, 1.54) is 0 Å². The van der Waals surface area contributed by atoms with E-state index in [1.54, 1.807) is 7.11 Å². The van der Waals surface area contributed by atoms with Gasteiger partial charge in [0, 0.05) is 25.0 Å². The molecule has 0 unspecified atom stereocenters. The molecular formula is C19H31NO4. The first-order chi connectivity index (χ1) is 11.5. The Morgan fingerprint density at radius 1 is 1.33 bits per heavy atom. The summed E-state index contributed by atoms with van der Waals surface area (Å²) >= 11 is 0. The molecule has 0 amide bonds. The van der Waals surface area contributed by atoms with Crippen LogP contribution < -0.4 is 9.47 Å². The average Bonchev–Trinajstić information content (AvgIpc) is 2.59. The van der Waals surface area contributed by atoms with Crippen LogP contribution in [0.2, 0.25) is 0 Å². The first-order valence-corrected chi connectivity index (χ1v) is 8.83. The minimum Gasteiger partial charge on any atom is -0.493 e. The van der Waals surface area contributed by atoms with E-state index < -0.39 is 11.5 Å². The van der Waals surface area contributed by atoms with E-state index in [4.69, 9.17) is 9.47 Å². The maximum atomic E-state index is 10.3. The summed E-state index contributed by atoms with van der Waals surface area (Å²) in [7, 11) is 1.65. The van der Waals surface area contributed by atoms with E-state index >= 15 is 0 Å². The number of ether oxygens (including phenoxy) is 2. The second-order valence-corrected chi connectivity index (χ2v) is 6.85. The van der Waals surface area contributed by atoms with Gasteiger partial charge in [0.25, 0.3) is 0 Å². The van der Waals surface area contributed by atoms with Crippen LogP contribution in [-0.4, -0.2) is 61.2 Å². The lowest BCUT2D eigenvalue weighted by Gasteiger charge is -2.45. The van der Waals surface area contributed by atoms with Crippen molar-refractivity contribution in [3.63, 3.8) is 0 Å². The molecule has 0 saturated carbocycles. The highest BCUT2D eigenvalue weighted by molar-refractivity contribution is 5.42. The van der Waals surface area contributed by atoms with Crippen LogP contribution in [0.3, 0.4) is 0 Å². The zero-order chi connectivity index (χ0) is 17.6. The van der Waals surface area contributed by atoms with Crippen LogP contribution in [0.25, 0.3) is 0 Å². The second kappa shape index (κ2) is 8.70. The quantitative estimate of drug-likeness (QED) is 0.762. The van der Waals surface area contributed by atoms with Crippen molar-refractivity contribution in [2.24, 2.45) is 5.41 Å². The van der Waals surface area contributed by atoms with Gasteiger partial charge in [-0.1, -0.05) is 19.4 Å². The van der Waals surface area contributed by atoms with E-state index in [-0.39, 0.29) is 6.61 Å². The van der Waals surface area contributed by atoms with Crippen LogP contribution in [0.5, 0.6) is 11.5 Å². The maximum absolute atomic E-state index is 10.3. The van der Waals surface area contributed by atoms with Gasteiger partial charge in [0.2, 0.25) is 0 Å². The molecule has 136 valence electrons. The molecule has 1 aliphatic rings. The number of aryl methyl sites for hydroxylation is 1. The maximum Gasteiger partial charge on any atom is 0.161 e. The van der Waals surface area contributed by atoms with Crippen molar-refractivity contribution in [2.75, 3.05) is 40.0 Å². The van der Waals surface area contributed by atoms with Gasteiger partial charge in [-0.15, -0.1) is 0 Å². The van der Waals surface area contributed by atoms with Crippen LogP contribution >= 0.6 is 0 Å². The van der Waals surface area contributed by atoms with Gasteiger partial charge in [-0.05, 0) is 37.5 Å². The van der Waals surface area contributed by atoms with Gasteiger partial charge in [-0.25, -0.2) is 0 Å². The standard InChI is InChI=1S/C19H31NO4/c1-4-8-19(14-21)13-20(9-7-18(19)22)10-11-24-16-6-5-15(2)12-17(16)23-3/h5-6,12,18,21-22H,4,7-11,13-14H2,1-3H3/t18-,19+/m1/s1. The molecule has 0 spiro atoms. The predicted octanol–water partition coefficient (Wildman–Crippen LogP) is 2.23. The zero-order valence-electron chi connectivity index (χ0n) is 15.1. The van der Waals surface area contributed by atoms with Gasteiger partial charge in [0.15, 0.2) is 11.5 Å². The van der Waals surface area contributed by atoms with Crippen LogP contribution in [0.1, 0.15) is 31.7 Å². The van der Waals surface area contributed by atoms with E-state index in [9.17, 15) is 10.2 Å². The van der Waals surface area contributed by atoms with Crippen LogP contribution in [0.15, 0.2) is 18.2 Å². The van der Waals surface area contributed by atoms with Crippen molar-refractivity contribution in [1.29, 1.82) is 0 Å². The molecule has 0 radical (unpaired) electrons. The van der Waals surface area contributed by atoms with E-state index in [2.05, 4.69) is 11.8 Å². The van der Waals surface area contributed by atoms with Crippen LogP contribution in [0.4, 0.5) is 0 Å². The molecule has 5 heteroatoms. The largest absolute Gasteiger partial charge is 0.493 e. The highest BCUT2D eigenvalue weighted by Crippen LogP contribution is 2.34.